The monoisotopic (exact) mass is 519 g/mol. The molecule has 0 aromatic carbocycles. The number of carbonyl (C=O) groups is 2. The molecule has 1 aliphatic carbocycles. The molecule has 2 heterocycles. The Balaban J connectivity index is 0. The Labute approximate surface area is 207 Å². The molecule has 1 aromatic heterocycles. The quantitative estimate of drug-likeness (QED) is 0.149. The SMILES string of the molecule is CC(=N\[O-])/C(C)=N/O.CC(=N\[O-])/C(C)=N/O.O=C1OC(=O)C2CC=[C-]CC12.[Co+3].c1ccncc1. The van der Waals surface area contributed by atoms with Crippen LogP contribution >= 0.6 is 0 Å². The van der Waals surface area contributed by atoms with Crippen LogP contribution in [0, 0.1) is 28.3 Å². The standard InChI is InChI=1S/C8H7O3.C5H5N.2C4H8N2O2.Co/c9-7-5-3-1-2-4-6(5)8(10)11-7;1-2-4-6-5-3-1;2*1-3(5-7)4(2)6-8;/h1,5-6H,3-4H2;1-5H;2*7-8H,1-2H3;/q-1;;;;+3/p-2/b;;2*5-3+,6-4+;. The Morgan fingerprint density at radius 3 is 1.68 bits per heavy atom. The van der Waals surface area contributed by atoms with E-state index < -0.39 is 0 Å². The van der Waals surface area contributed by atoms with E-state index in [1.165, 1.54) is 27.7 Å². The number of hydrogen-bond acceptors (Lipinski definition) is 12. The van der Waals surface area contributed by atoms with Crippen LogP contribution in [0.25, 0.3) is 0 Å². The van der Waals surface area contributed by atoms with E-state index in [0.29, 0.717) is 12.8 Å². The van der Waals surface area contributed by atoms with Crippen LogP contribution in [0.1, 0.15) is 40.5 Å². The van der Waals surface area contributed by atoms with Crippen LogP contribution in [-0.4, -0.2) is 50.2 Å². The van der Waals surface area contributed by atoms with Gasteiger partial charge in [0.1, 0.15) is 0 Å². The summed E-state index contributed by atoms with van der Waals surface area (Å²) in [7, 11) is 0. The minimum absolute atomic E-state index is 0. The molecule has 0 amide bonds. The Morgan fingerprint density at radius 2 is 1.38 bits per heavy atom. The van der Waals surface area contributed by atoms with Crippen molar-refractivity contribution < 1.29 is 41.5 Å². The smallest absolute Gasteiger partial charge is 0.792 e. The zero-order valence-electron chi connectivity index (χ0n) is 19.0. The first-order chi connectivity index (χ1) is 15.7. The van der Waals surface area contributed by atoms with Crippen LogP contribution in [-0.2, 0) is 31.1 Å². The van der Waals surface area contributed by atoms with Crippen LogP contribution in [0.2, 0.25) is 0 Å². The van der Waals surface area contributed by atoms with Gasteiger partial charge in [0.15, 0.2) is 0 Å². The van der Waals surface area contributed by atoms with Crippen LogP contribution in [0.5, 0.6) is 0 Å². The second kappa shape index (κ2) is 18.9. The summed E-state index contributed by atoms with van der Waals surface area (Å²) < 4.78 is 4.47. The summed E-state index contributed by atoms with van der Waals surface area (Å²) in [6.07, 6.45) is 9.38. The van der Waals surface area contributed by atoms with Crippen LogP contribution < -0.4 is 0 Å². The Hall–Kier alpha value is -3.58. The second-order valence-electron chi connectivity index (χ2n) is 6.55. The molecule has 2 atom stereocenters. The molecular weight excluding hydrogens is 493 g/mol. The topological polar surface area (TPSA) is 192 Å². The van der Waals surface area contributed by atoms with Crippen molar-refractivity contribution in [2.45, 2.75) is 40.5 Å². The molecule has 186 valence electrons. The zero-order valence-corrected chi connectivity index (χ0v) is 20.1. The molecule has 0 radical (unpaired) electrons. The van der Waals surface area contributed by atoms with Crippen molar-refractivity contribution in [1.29, 1.82) is 0 Å². The molecule has 2 N–H and O–H groups in total. The number of hydrogen-bond donors (Lipinski definition) is 2. The van der Waals surface area contributed by atoms with E-state index in [9.17, 15) is 20.0 Å². The molecule has 2 aliphatic rings. The maximum Gasteiger partial charge on any atom is 3.00 e. The van der Waals surface area contributed by atoms with Crippen molar-refractivity contribution in [2.75, 3.05) is 0 Å². The Kier molecular flexibility index (Phi) is 18.2. The molecule has 34 heavy (non-hydrogen) atoms. The third-order valence-corrected chi connectivity index (χ3v) is 4.33. The minimum atomic E-state index is -0.374. The molecule has 12 nitrogen and oxygen atoms in total. The number of cyclic esters (lactones) is 2. The molecule has 3 rings (SSSR count). The van der Waals surface area contributed by atoms with E-state index >= 15 is 0 Å². The fraction of sp³-hybridized carbons (Fsp3) is 0.381. The molecule has 0 saturated carbocycles. The third kappa shape index (κ3) is 12.5. The van der Waals surface area contributed by atoms with Gasteiger partial charge in [0, 0.05) is 18.3 Å². The van der Waals surface area contributed by atoms with Gasteiger partial charge < -0.3 is 42.0 Å². The summed E-state index contributed by atoms with van der Waals surface area (Å²) in [6.45, 7) is 5.94. The summed E-state index contributed by atoms with van der Waals surface area (Å²) in [5.41, 5.74) is 0.903. The largest absolute Gasteiger partial charge is 3.00 e. The number of rotatable bonds is 2. The first-order valence-electron chi connectivity index (χ1n) is 9.60. The number of aromatic nitrogens is 1. The molecule has 1 aliphatic heterocycles. The summed E-state index contributed by atoms with van der Waals surface area (Å²) in [5, 5.41) is 45.8. The van der Waals surface area contributed by atoms with Crippen molar-refractivity contribution in [2.24, 2.45) is 32.5 Å². The first kappa shape index (κ1) is 32.6. The number of fused-ring (bicyclic) bond motifs is 1. The summed E-state index contributed by atoms with van der Waals surface area (Å²) in [5.74, 6) is -1.20. The first-order valence-corrected chi connectivity index (χ1v) is 9.60. The van der Waals surface area contributed by atoms with Gasteiger partial charge in [-0.25, -0.2) is 0 Å². The van der Waals surface area contributed by atoms with Gasteiger partial charge >= 0.3 is 28.7 Å². The predicted molar refractivity (Wildman–Crippen MR) is 122 cm³/mol. The van der Waals surface area contributed by atoms with Gasteiger partial charge in [0.25, 0.3) is 0 Å². The number of esters is 2. The van der Waals surface area contributed by atoms with Gasteiger partial charge in [-0.2, -0.15) is 6.42 Å². The average Bonchev–Trinajstić information content (AvgIpc) is 3.17. The van der Waals surface area contributed by atoms with Crippen molar-refractivity contribution in [3.63, 3.8) is 0 Å². The molecule has 0 bridgehead atoms. The Morgan fingerprint density at radius 1 is 0.912 bits per heavy atom. The van der Waals surface area contributed by atoms with Crippen molar-refractivity contribution in [1.82, 2.24) is 4.98 Å². The molecule has 1 fully saturated rings. The minimum Gasteiger partial charge on any atom is -0.792 e. The molecule has 0 spiro atoms. The van der Waals surface area contributed by atoms with Gasteiger partial charge in [-0.3, -0.25) is 20.6 Å². The maximum atomic E-state index is 10.9. The van der Waals surface area contributed by atoms with Gasteiger partial charge in [-0.05, 0) is 39.8 Å². The molecule has 13 heteroatoms. The molecule has 1 saturated heterocycles. The Bertz CT molecular complexity index is 787. The van der Waals surface area contributed by atoms with Crippen molar-refractivity contribution >= 4 is 34.8 Å². The number of carbonyl (C=O) groups excluding carboxylic acids is 2. The number of nitrogens with zero attached hydrogens (tertiary/aromatic N) is 5. The number of oxime groups is 2. The van der Waals surface area contributed by atoms with E-state index in [1.807, 2.05) is 18.2 Å². The fourth-order valence-corrected chi connectivity index (χ4v) is 2.08. The van der Waals surface area contributed by atoms with Crippen LogP contribution in [0.3, 0.4) is 0 Å². The summed E-state index contributed by atoms with van der Waals surface area (Å²) >= 11 is 0. The second-order valence-corrected chi connectivity index (χ2v) is 6.55. The van der Waals surface area contributed by atoms with E-state index in [4.69, 9.17) is 10.4 Å². The third-order valence-electron chi connectivity index (χ3n) is 4.33. The van der Waals surface area contributed by atoms with E-state index in [0.717, 1.165) is 0 Å². The van der Waals surface area contributed by atoms with Gasteiger partial charge in [-0.1, -0.05) is 22.8 Å². The summed E-state index contributed by atoms with van der Waals surface area (Å²) in [6, 6.07) is 5.72. The normalized spacial score (nSPS) is 19.5. The average molecular weight is 519 g/mol. The number of allylic oxidation sites excluding steroid dienone is 2. The number of pyridine rings is 1. The molecular formula is C21H26CoN5O7. The maximum absolute atomic E-state index is 10.9. The van der Waals surface area contributed by atoms with Crippen molar-refractivity contribution in [3.05, 3.63) is 53.2 Å². The van der Waals surface area contributed by atoms with Crippen LogP contribution in [0.4, 0.5) is 0 Å². The van der Waals surface area contributed by atoms with Gasteiger partial charge in [0.2, 0.25) is 0 Å². The zero-order chi connectivity index (χ0) is 25.2. The predicted octanol–water partition coefficient (Wildman–Crippen LogP) is 3.12. The van der Waals surface area contributed by atoms with E-state index in [1.54, 1.807) is 18.5 Å². The van der Waals surface area contributed by atoms with Crippen molar-refractivity contribution in [3.8, 4) is 0 Å². The summed E-state index contributed by atoms with van der Waals surface area (Å²) in [4.78, 5) is 25.6. The van der Waals surface area contributed by atoms with Crippen LogP contribution in [0.15, 0.2) is 57.3 Å². The van der Waals surface area contributed by atoms with E-state index in [2.05, 4.69) is 36.4 Å². The molecule has 1 aromatic rings. The van der Waals surface area contributed by atoms with E-state index in [-0.39, 0.29) is 63.4 Å². The number of ether oxygens (including phenoxy) is 1. The fourth-order valence-electron chi connectivity index (χ4n) is 2.08. The van der Waals surface area contributed by atoms with Gasteiger partial charge in [0.05, 0.1) is 28.8 Å². The van der Waals surface area contributed by atoms with Gasteiger partial charge in [-0.15, -0.1) is 0 Å². The molecule has 2 unspecified atom stereocenters.